The number of pyridine rings is 1. The molecule has 2 N–H and O–H groups in total. The molecule has 0 bridgehead atoms. The summed E-state index contributed by atoms with van der Waals surface area (Å²) < 4.78 is 20.8. The average molecular weight is 522 g/mol. The Morgan fingerprint density at radius 1 is 1.19 bits per heavy atom. The van der Waals surface area contributed by atoms with Crippen molar-refractivity contribution < 1.29 is 13.9 Å². The monoisotopic (exact) mass is 521 g/mol. The number of allylic oxidation sites excluding steroid dienone is 1. The zero-order chi connectivity index (χ0) is 26.7. The molecule has 2 aliphatic carbocycles. The van der Waals surface area contributed by atoms with E-state index in [0.717, 1.165) is 36.7 Å². The van der Waals surface area contributed by atoms with Crippen LogP contribution < -0.4 is 0 Å². The standard InChI is InChI=1S/C30H40FN3O2Si/c1-5-37(6-2,7-3)36-30(20-28(35)26-10-8-9-17-33-26)16-15-23-18-27(22(21-32)19-29(23,30)4)34-25-13-11-24(31)12-14-25/h8-14,17-18,21-22,28,32,35H,5-7,15-16,19-20H2,1-4H3/t22?,28?,29-,30+/m0/s1. The van der Waals surface area contributed by atoms with Gasteiger partial charge >= 0.3 is 0 Å². The lowest BCUT2D eigenvalue weighted by molar-refractivity contribution is -0.0667. The van der Waals surface area contributed by atoms with Crippen LogP contribution in [0.25, 0.3) is 0 Å². The van der Waals surface area contributed by atoms with E-state index >= 15 is 0 Å². The lowest BCUT2D eigenvalue weighted by atomic mass is 9.63. The smallest absolute Gasteiger partial charge is 0.192 e. The Bertz CT molecular complexity index is 1140. The zero-order valence-electron chi connectivity index (χ0n) is 22.5. The van der Waals surface area contributed by atoms with Gasteiger partial charge in [0.2, 0.25) is 0 Å². The predicted octanol–water partition coefficient (Wildman–Crippen LogP) is 7.57. The fraction of sp³-hybridized carbons (Fsp3) is 0.500. The summed E-state index contributed by atoms with van der Waals surface area (Å²) in [6.07, 6.45) is 7.46. The number of hydrogen-bond donors (Lipinski definition) is 2. The Kier molecular flexibility index (Phi) is 8.26. The third-order valence-corrected chi connectivity index (χ3v) is 13.7. The second-order valence-corrected chi connectivity index (χ2v) is 15.5. The highest BCUT2D eigenvalue weighted by molar-refractivity contribution is 6.73. The van der Waals surface area contributed by atoms with Crippen molar-refractivity contribution in [2.24, 2.45) is 16.3 Å². The van der Waals surface area contributed by atoms with Gasteiger partial charge in [0.25, 0.3) is 0 Å². The Morgan fingerprint density at radius 3 is 2.49 bits per heavy atom. The van der Waals surface area contributed by atoms with Gasteiger partial charge in [-0.2, -0.15) is 0 Å². The Balaban J connectivity index is 1.78. The number of aliphatic hydroxyl groups is 1. The highest BCUT2D eigenvalue weighted by Crippen LogP contribution is 2.61. The number of hydrogen-bond acceptors (Lipinski definition) is 5. The molecule has 4 rings (SSSR count). The van der Waals surface area contributed by atoms with E-state index in [1.165, 1.54) is 23.9 Å². The van der Waals surface area contributed by atoms with E-state index in [9.17, 15) is 9.50 Å². The van der Waals surface area contributed by atoms with Gasteiger partial charge in [-0.05, 0) is 79.9 Å². The maximum atomic E-state index is 13.4. The van der Waals surface area contributed by atoms with Crippen LogP contribution in [0.2, 0.25) is 18.1 Å². The summed E-state index contributed by atoms with van der Waals surface area (Å²) in [7, 11) is -2.04. The van der Waals surface area contributed by atoms with Gasteiger partial charge in [0.1, 0.15) is 5.82 Å². The number of nitrogens with one attached hydrogen (secondary N) is 1. The molecule has 0 radical (unpaired) electrons. The summed E-state index contributed by atoms with van der Waals surface area (Å²) >= 11 is 0. The SMILES string of the molecule is CC[Si](CC)(CC)O[C@@]1(CC(O)c2ccccn2)CCC2=CC(=Nc3ccc(F)cc3)C(C=N)C[C@@]21C. The van der Waals surface area contributed by atoms with E-state index in [0.29, 0.717) is 24.2 Å². The molecule has 0 saturated heterocycles. The van der Waals surface area contributed by atoms with Crippen LogP contribution in [0.3, 0.4) is 0 Å². The molecule has 1 fully saturated rings. The minimum absolute atomic E-state index is 0.187. The molecule has 5 nitrogen and oxygen atoms in total. The first-order valence-corrected chi connectivity index (χ1v) is 16.1. The molecule has 37 heavy (non-hydrogen) atoms. The van der Waals surface area contributed by atoms with Crippen molar-refractivity contribution in [2.75, 3.05) is 0 Å². The maximum Gasteiger partial charge on any atom is 0.192 e. The number of halogens is 1. The molecule has 4 atom stereocenters. The highest BCUT2D eigenvalue weighted by Gasteiger charge is 2.60. The van der Waals surface area contributed by atoms with E-state index in [1.54, 1.807) is 18.3 Å². The minimum Gasteiger partial charge on any atom is -0.410 e. The lowest BCUT2D eigenvalue weighted by Gasteiger charge is -2.52. The molecule has 2 aromatic rings. The molecule has 1 aromatic heterocycles. The van der Waals surface area contributed by atoms with Gasteiger partial charge in [-0.15, -0.1) is 0 Å². The molecule has 198 valence electrons. The van der Waals surface area contributed by atoms with Gasteiger partial charge in [0, 0.05) is 35.9 Å². The molecule has 1 saturated carbocycles. The zero-order valence-corrected chi connectivity index (χ0v) is 23.5. The van der Waals surface area contributed by atoms with Crippen LogP contribution in [0, 0.1) is 22.6 Å². The van der Waals surface area contributed by atoms with Crippen molar-refractivity contribution >= 4 is 25.9 Å². The molecular formula is C30H40FN3O2Si. The maximum absolute atomic E-state index is 13.4. The third-order valence-electron chi connectivity index (χ3n) is 9.03. The Morgan fingerprint density at radius 2 is 1.89 bits per heavy atom. The quantitative estimate of drug-likeness (QED) is 0.250. The summed E-state index contributed by atoms with van der Waals surface area (Å²) in [6.45, 7) is 8.99. The number of aliphatic imine (C=N–C) groups is 1. The molecule has 1 heterocycles. The van der Waals surface area contributed by atoms with Crippen molar-refractivity contribution in [3.8, 4) is 0 Å². The van der Waals surface area contributed by atoms with Crippen molar-refractivity contribution in [1.29, 1.82) is 5.41 Å². The summed E-state index contributed by atoms with van der Waals surface area (Å²) in [4.78, 5) is 9.25. The van der Waals surface area contributed by atoms with Gasteiger partial charge in [-0.25, -0.2) is 4.39 Å². The van der Waals surface area contributed by atoms with Crippen LogP contribution in [0.15, 0.2) is 65.3 Å². The van der Waals surface area contributed by atoms with Crippen LogP contribution in [-0.4, -0.2) is 35.9 Å². The van der Waals surface area contributed by atoms with Crippen LogP contribution in [0.1, 0.15) is 65.2 Å². The van der Waals surface area contributed by atoms with Crippen molar-refractivity contribution in [1.82, 2.24) is 4.98 Å². The largest absolute Gasteiger partial charge is 0.410 e. The highest BCUT2D eigenvalue weighted by atomic mass is 28.4. The van der Waals surface area contributed by atoms with Crippen LogP contribution >= 0.6 is 0 Å². The van der Waals surface area contributed by atoms with E-state index < -0.39 is 20.0 Å². The number of fused-ring (bicyclic) bond motifs is 1. The van der Waals surface area contributed by atoms with Gasteiger partial charge in [-0.3, -0.25) is 9.98 Å². The number of aromatic nitrogens is 1. The third kappa shape index (κ3) is 5.27. The summed E-state index contributed by atoms with van der Waals surface area (Å²) in [5.74, 6) is -0.477. The molecule has 2 unspecified atom stereocenters. The fourth-order valence-corrected chi connectivity index (χ4v) is 9.56. The molecule has 7 heteroatoms. The number of benzene rings is 1. The molecule has 0 spiro atoms. The van der Waals surface area contributed by atoms with E-state index in [-0.39, 0.29) is 17.2 Å². The Hall–Kier alpha value is -2.48. The van der Waals surface area contributed by atoms with Crippen molar-refractivity contribution in [3.63, 3.8) is 0 Å². The van der Waals surface area contributed by atoms with Crippen molar-refractivity contribution in [3.05, 3.63) is 71.8 Å². The lowest BCUT2D eigenvalue weighted by Crippen LogP contribution is -2.56. The first-order valence-electron chi connectivity index (χ1n) is 13.6. The average Bonchev–Trinajstić information content (AvgIpc) is 3.19. The van der Waals surface area contributed by atoms with Gasteiger partial charge in [0.05, 0.1) is 23.1 Å². The number of aliphatic hydroxyl groups excluding tert-OH is 1. The molecule has 0 amide bonds. The second-order valence-electron chi connectivity index (χ2n) is 10.8. The van der Waals surface area contributed by atoms with Gasteiger partial charge < -0.3 is 14.9 Å². The Labute approximate surface area is 221 Å². The van der Waals surface area contributed by atoms with Crippen LogP contribution in [0.5, 0.6) is 0 Å². The van der Waals surface area contributed by atoms with Gasteiger partial charge in [0.15, 0.2) is 8.32 Å². The molecule has 0 aliphatic heterocycles. The van der Waals surface area contributed by atoms with Crippen LogP contribution in [0.4, 0.5) is 10.1 Å². The van der Waals surface area contributed by atoms with Gasteiger partial charge in [-0.1, -0.05) is 39.3 Å². The number of rotatable bonds is 10. The molecule has 1 aromatic carbocycles. The number of nitrogens with zero attached hydrogens (tertiary/aromatic N) is 2. The first kappa shape index (κ1) is 27.5. The summed E-state index contributed by atoms with van der Waals surface area (Å²) in [5, 5.41) is 19.7. The predicted molar refractivity (Wildman–Crippen MR) is 151 cm³/mol. The fourth-order valence-electron chi connectivity index (χ4n) is 6.39. The molecular weight excluding hydrogens is 481 g/mol. The van der Waals surface area contributed by atoms with Crippen LogP contribution in [-0.2, 0) is 4.43 Å². The minimum atomic E-state index is -2.04. The van der Waals surface area contributed by atoms with E-state index in [4.69, 9.17) is 14.8 Å². The topological polar surface area (TPSA) is 78.6 Å². The summed E-state index contributed by atoms with van der Waals surface area (Å²) in [5.41, 5.74) is 2.56. The van der Waals surface area contributed by atoms with E-state index in [1.807, 2.05) is 18.2 Å². The normalized spacial score (nSPS) is 27.6. The van der Waals surface area contributed by atoms with Crippen molar-refractivity contribution in [2.45, 2.75) is 83.2 Å². The van der Waals surface area contributed by atoms with E-state index in [2.05, 4.69) is 38.8 Å². The molecule has 2 aliphatic rings. The summed E-state index contributed by atoms with van der Waals surface area (Å²) in [6, 6.07) is 14.9. The first-order chi connectivity index (χ1) is 17.7. The second kappa shape index (κ2) is 11.1.